The molecule has 90 valence electrons. The lowest BCUT2D eigenvalue weighted by Crippen LogP contribution is -2.15. The Morgan fingerprint density at radius 2 is 1.88 bits per heavy atom. The molecule has 0 spiro atoms. The predicted molar refractivity (Wildman–Crippen MR) is 73.6 cm³/mol. The molecule has 1 aromatic rings. The van der Waals surface area contributed by atoms with Gasteiger partial charge in [0.15, 0.2) is 12.4 Å². The van der Waals surface area contributed by atoms with Gasteiger partial charge in [0.2, 0.25) is 0 Å². The molecule has 0 aliphatic rings. The van der Waals surface area contributed by atoms with E-state index in [1.807, 2.05) is 24.3 Å². The van der Waals surface area contributed by atoms with Crippen molar-refractivity contribution in [1.82, 2.24) is 0 Å². The fourth-order valence-corrected chi connectivity index (χ4v) is 1.51. The molecule has 0 aliphatic carbocycles. The second-order valence-corrected chi connectivity index (χ2v) is 4.94. The zero-order chi connectivity index (χ0) is 12.8. The molecule has 0 heterocycles. The minimum atomic E-state index is -0.527. The van der Waals surface area contributed by atoms with Crippen LogP contribution in [0.5, 0.6) is 0 Å². The third-order valence-electron chi connectivity index (χ3n) is 2.03. The Hall–Kier alpha value is -1.17. The van der Waals surface area contributed by atoms with Crippen LogP contribution in [-0.4, -0.2) is 18.4 Å². The van der Waals surface area contributed by atoms with E-state index in [0.29, 0.717) is 5.57 Å². The molecule has 3 nitrogen and oxygen atoms in total. The molecule has 0 aromatic heterocycles. The lowest BCUT2D eigenvalue weighted by Gasteiger charge is -2.04. The van der Waals surface area contributed by atoms with Gasteiger partial charge in [-0.25, -0.2) is 4.79 Å². The SMILES string of the molecule is C=C(C)C(=O)OCC(=O)Cc1ccc(I)cc1. The highest BCUT2D eigenvalue weighted by Gasteiger charge is 2.08. The summed E-state index contributed by atoms with van der Waals surface area (Å²) in [4.78, 5) is 22.6. The van der Waals surface area contributed by atoms with Crippen molar-refractivity contribution in [1.29, 1.82) is 0 Å². The Kier molecular flexibility index (Phi) is 5.34. The molecule has 0 amide bonds. The fraction of sp³-hybridized carbons (Fsp3) is 0.231. The first kappa shape index (κ1) is 13.9. The van der Waals surface area contributed by atoms with Gasteiger partial charge in [-0.3, -0.25) is 4.79 Å². The third kappa shape index (κ3) is 5.12. The highest BCUT2D eigenvalue weighted by Crippen LogP contribution is 2.07. The van der Waals surface area contributed by atoms with E-state index >= 15 is 0 Å². The van der Waals surface area contributed by atoms with Crippen molar-refractivity contribution >= 4 is 34.3 Å². The van der Waals surface area contributed by atoms with E-state index in [4.69, 9.17) is 4.74 Å². The molecule has 0 N–H and O–H groups in total. The standard InChI is InChI=1S/C13H13IO3/c1-9(2)13(16)17-8-12(15)7-10-3-5-11(14)6-4-10/h3-6H,1,7-8H2,2H3. The Morgan fingerprint density at radius 3 is 2.41 bits per heavy atom. The van der Waals surface area contributed by atoms with E-state index < -0.39 is 5.97 Å². The number of benzene rings is 1. The number of hydrogen-bond acceptors (Lipinski definition) is 3. The minimum absolute atomic E-state index is 0.124. The van der Waals surface area contributed by atoms with Gasteiger partial charge in [0.05, 0.1) is 0 Å². The maximum Gasteiger partial charge on any atom is 0.333 e. The number of carbonyl (C=O) groups is 2. The molecule has 1 rings (SSSR count). The molecule has 17 heavy (non-hydrogen) atoms. The van der Waals surface area contributed by atoms with E-state index in [2.05, 4.69) is 29.2 Å². The first-order valence-corrected chi connectivity index (χ1v) is 6.15. The van der Waals surface area contributed by atoms with Gasteiger partial charge >= 0.3 is 5.97 Å². The largest absolute Gasteiger partial charge is 0.454 e. The van der Waals surface area contributed by atoms with E-state index in [0.717, 1.165) is 9.13 Å². The Labute approximate surface area is 114 Å². The molecule has 0 saturated heterocycles. The van der Waals surface area contributed by atoms with Crippen LogP contribution in [-0.2, 0) is 20.7 Å². The third-order valence-corrected chi connectivity index (χ3v) is 2.75. The number of ether oxygens (including phenoxy) is 1. The van der Waals surface area contributed by atoms with Crippen LogP contribution in [0.4, 0.5) is 0 Å². The predicted octanol–water partition coefficient (Wildman–Crippen LogP) is 2.52. The summed E-state index contributed by atoms with van der Waals surface area (Å²) in [5, 5.41) is 0. The molecule has 0 atom stereocenters. The smallest absolute Gasteiger partial charge is 0.333 e. The van der Waals surface area contributed by atoms with Crippen LogP contribution in [0.15, 0.2) is 36.4 Å². The van der Waals surface area contributed by atoms with Crippen molar-refractivity contribution in [3.05, 3.63) is 45.6 Å². The maximum absolute atomic E-state index is 11.5. The highest BCUT2D eigenvalue weighted by molar-refractivity contribution is 14.1. The zero-order valence-electron chi connectivity index (χ0n) is 9.53. The van der Waals surface area contributed by atoms with Crippen molar-refractivity contribution in [3.8, 4) is 0 Å². The van der Waals surface area contributed by atoms with Crippen molar-refractivity contribution in [2.45, 2.75) is 13.3 Å². The van der Waals surface area contributed by atoms with Gasteiger partial charge < -0.3 is 4.74 Å². The van der Waals surface area contributed by atoms with Crippen LogP contribution in [0.1, 0.15) is 12.5 Å². The quantitative estimate of drug-likeness (QED) is 0.468. The number of hydrogen-bond donors (Lipinski definition) is 0. The Morgan fingerprint density at radius 1 is 1.29 bits per heavy atom. The van der Waals surface area contributed by atoms with Gasteiger partial charge in [0.1, 0.15) is 0 Å². The van der Waals surface area contributed by atoms with Crippen LogP contribution in [0, 0.1) is 3.57 Å². The monoisotopic (exact) mass is 344 g/mol. The highest BCUT2D eigenvalue weighted by atomic mass is 127. The van der Waals surface area contributed by atoms with Gasteiger partial charge in [0, 0.05) is 15.6 Å². The molecule has 0 unspecified atom stereocenters. The minimum Gasteiger partial charge on any atom is -0.454 e. The topological polar surface area (TPSA) is 43.4 Å². The van der Waals surface area contributed by atoms with Gasteiger partial charge in [-0.1, -0.05) is 18.7 Å². The molecule has 0 aliphatic heterocycles. The summed E-state index contributed by atoms with van der Waals surface area (Å²) in [6.45, 7) is 4.79. The molecular formula is C13H13IO3. The first-order chi connectivity index (χ1) is 7.99. The number of ketones is 1. The lowest BCUT2D eigenvalue weighted by atomic mass is 10.1. The van der Waals surface area contributed by atoms with Crippen LogP contribution < -0.4 is 0 Å². The van der Waals surface area contributed by atoms with Crippen molar-refractivity contribution in [2.75, 3.05) is 6.61 Å². The molecule has 0 fully saturated rings. The molecule has 1 aromatic carbocycles. The summed E-state index contributed by atoms with van der Waals surface area (Å²) >= 11 is 2.20. The first-order valence-electron chi connectivity index (χ1n) is 5.08. The second-order valence-electron chi connectivity index (χ2n) is 3.70. The van der Waals surface area contributed by atoms with Crippen molar-refractivity contribution < 1.29 is 14.3 Å². The molecular weight excluding hydrogens is 331 g/mol. The van der Waals surface area contributed by atoms with Gasteiger partial charge in [-0.05, 0) is 47.2 Å². The number of halogens is 1. The summed E-state index contributed by atoms with van der Waals surface area (Å²) in [6, 6.07) is 7.65. The molecule has 0 bridgehead atoms. The Balaban J connectivity index is 2.42. The summed E-state index contributed by atoms with van der Waals surface area (Å²) in [5.41, 5.74) is 1.22. The van der Waals surface area contributed by atoms with Crippen LogP contribution in [0.25, 0.3) is 0 Å². The van der Waals surface area contributed by atoms with Crippen LogP contribution in [0.3, 0.4) is 0 Å². The van der Waals surface area contributed by atoms with Crippen LogP contribution in [0.2, 0.25) is 0 Å². The van der Waals surface area contributed by atoms with E-state index in [-0.39, 0.29) is 18.8 Å². The summed E-state index contributed by atoms with van der Waals surface area (Å²) in [7, 11) is 0. The lowest BCUT2D eigenvalue weighted by molar-refractivity contribution is -0.143. The maximum atomic E-state index is 11.5. The van der Waals surface area contributed by atoms with Gasteiger partial charge in [0.25, 0.3) is 0 Å². The van der Waals surface area contributed by atoms with E-state index in [1.165, 1.54) is 0 Å². The van der Waals surface area contributed by atoms with Gasteiger partial charge in [-0.2, -0.15) is 0 Å². The normalized spacial score (nSPS) is 9.76. The van der Waals surface area contributed by atoms with E-state index in [1.54, 1.807) is 6.92 Å². The summed E-state index contributed by atoms with van der Waals surface area (Å²) in [5.74, 6) is -0.651. The second kappa shape index (κ2) is 6.54. The average molecular weight is 344 g/mol. The average Bonchev–Trinajstić information content (AvgIpc) is 2.29. The number of esters is 1. The summed E-state index contributed by atoms with van der Waals surface area (Å²) < 4.78 is 5.89. The Bertz CT molecular complexity index is 434. The fourth-order valence-electron chi connectivity index (χ4n) is 1.15. The van der Waals surface area contributed by atoms with Crippen LogP contribution >= 0.6 is 22.6 Å². The zero-order valence-corrected chi connectivity index (χ0v) is 11.7. The number of rotatable bonds is 5. The molecule has 0 saturated carbocycles. The van der Waals surface area contributed by atoms with Crippen molar-refractivity contribution in [3.63, 3.8) is 0 Å². The molecule has 0 radical (unpaired) electrons. The van der Waals surface area contributed by atoms with E-state index in [9.17, 15) is 9.59 Å². The molecule has 4 heteroatoms. The summed E-state index contributed by atoms with van der Waals surface area (Å²) in [6.07, 6.45) is 0.278. The number of Topliss-reactive ketones (excluding diaryl/α,β-unsaturated/α-hetero) is 1. The number of carbonyl (C=O) groups excluding carboxylic acids is 2. The van der Waals surface area contributed by atoms with Crippen molar-refractivity contribution in [2.24, 2.45) is 0 Å². The van der Waals surface area contributed by atoms with Gasteiger partial charge in [-0.15, -0.1) is 0 Å².